The molecule has 3 rings (SSSR count). The van der Waals surface area contributed by atoms with Crippen molar-refractivity contribution in [3.8, 4) is 0 Å². The molecular weight excluding hydrogens is 481 g/mol. The standard InChI is InChI=1S/C20H31N7O.HI/c1-3-21-20(23-13-7-12-22-16-8-5-4-6-9-16)24-17-10-11-19-25-18(15-28-2)26-27(19)14-17;/h4-6,8-9,17,22H,3,7,10-15H2,1-2H3,(H2,21,23,24);1H. The Kier molecular flexibility index (Phi) is 10.2. The number of fused-ring (bicyclic) bond motifs is 1. The number of nitrogens with one attached hydrogen (secondary N) is 3. The van der Waals surface area contributed by atoms with Gasteiger partial charge in [-0.25, -0.2) is 9.67 Å². The molecule has 1 aliphatic rings. The molecule has 1 atom stereocenters. The van der Waals surface area contributed by atoms with Crippen molar-refractivity contribution in [2.45, 2.75) is 45.4 Å². The smallest absolute Gasteiger partial charge is 0.191 e. The number of guanidine groups is 1. The van der Waals surface area contributed by atoms with E-state index in [1.54, 1.807) is 7.11 Å². The molecule has 160 valence electrons. The van der Waals surface area contributed by atoms with Crippen molar-refractivity contribution < 1.29 is 4.74 Å². The van der Waals surface area contributed by atoms with Gasteiger partial charge in [-0.2, -0.15) is 5.10 Å². The molecule has 0 fully saturated rings. The highest BCUT2D eigenvalue weighted by atomic mass is 127. The minimum absolute atomic E-state index is 0. The number of aromatic nitrogens is 3. The van der Waals surface area contributed by atoms with E-state index in [1.807, 2.05) is 22.9 Å². The summed E-state index contributed by atoms with van der Waals surface area (Å²) in [6.07, 6.45) is 2.91. The Morgan fingerprint density at radius 3 is 2.90 bits per heavy atom. The number of aryl methyl sites for hydroxylation is 1. The summed E-state index contributed by atoms with van der Waals surface area (Å²) in [6.45, 7) is 5.86. The predicted molar refractivity (Wildman–Crippen MR) is 127 cm³/mol. The third-order valence-corrected chi connectivity index (χ3v) is 4.57. The molecule has 2 heterocycles. The molecule has 1 aliphatic heterocycles. The number of para-hydroxylation sites is 1. The van der Waals surface area contributed by atoms with Crippen molar-refractivity contribution in [1.29, 1.82) is 0 Å². The number of ether oxygens (including phenoxy) is 1. The molecule has 0 saturated heterocycles. The van der Waals surface area contributed by atoms with Crippen LogP contribution < -0.4 is 16.0 Å². The lowest BCUT2D eigenvalue weighted by molar-refractivity contribution is 0.177. The summed E-state index contributed by atoms with van der Waals surface area (Å²) in [5, 5.41) is 14.8. The van der Waals surface area contributed by atoms with Gasteiger partial charge < -0.3 is 20.7 Å². The van der Waals surface area contributed by atoms with Crippen LogP contribution in [0.1, 0.15) is 31.4 Å². The van der Waals surface area contributed by atoms with Crippen LogP contribution in [0.5, 0.6) is 0 Å². The molecule has 1 unspecified atom stereocenters. The van der Waals surface area contributed by atoms with Gasteiger partial charge in [0, 0.05) is 44.9 Å². The zero-order chi connectivity index (χ0) is 19.6. The SMILES string of the molecule is CCNC(=NCCCNc1ccccc1)NC1CCc2nc(COC)nn2C1.I. The van der Waals surface area contributed by atoms with E-state index in [1.165, 1.54) is 0 Å². The number of anilines is 1. The maximum Gasteiger partial charge on any atom is 0.191 e. The average Bonchev–Trinajstić information content (AvgIpc) is 3.10. The van der Waals surface area contributed by atoms with Gasteiger partial charge in [-0.15, -0.1) is 24.0 Å². The molecule has 1 aromatic carbocycles. The van der Waals surface area contributed by atoms with Crippen LogP contribution in [0.15, 0.2) is 35.3 Å². The lowest BCUT2D eigenvalue weighted by Crippen LogP contribution is -2.47. The van der Waals surface area contributed by atoms with Gasteiger partial charge in [0.2, 0.25) is 0 Å². The summed E-state index contributed by atoms with van der Waals surface area (Å²) in [6, 6.07) is 10.6. The zero-order valence-corrected chi connectivity index (χ0v) is 19.6. The van der Waals surface area contributed by atoms with E-state index in [-0.39, 0.29) is 24.0 Å². The highest BCUT2D eigenvalue weighted by Crippen LogP contribution is 2.13. The summed E-state index contributed by atoms with van der Waals surface area (Å²) in [5.74, 6) is 2.66. The predicted octanol–water partition coefficient (Wildman–Crippen LogP) is 2.41. The molecule has 29 heavy (non-hydrogen) atoms. The third-order valence-electron chi connectivity index (χ3n) is 4.57. The molecule has 0 spiro atoms. The summed E-state index contributed by atoms with van der Waals surface area (Å²) in [7, 11) is 1.67. The minimum Gasteiger partial charge on any atom is -0.385 e. The number of aliphatic imine (C=N–C) groups is 1. The van der Waals surface area contributed by atoms with Crippen molar-refractivity contribution in [2.75, 3.05) is 32.1 Å². The van der Waals surface area contributed by atoms with E-state index in [9.17, 15) is 0 Å². The second-order valence-corrected chi connectivity index (χ2v) is 6.85. The Morgan fingerprint density at radius 2 is 2.14 bits per heavy atom. The number of halogens is 1. The Balaban J connectivity index is 0.00000300. The molecular formula is C20H32IN7O. The van der Waals surface area contributed by atoms with Crippen molar-refractivity contribution in [3.63, 3.8) is 0 Å². The Labute approximate surface area is 189 Å². The molecule has 0 bridgehead atoms. The summed E-state index contributed by atoms with van der Waals surface area (Å²) < 4.78 is 7.12. The molecule has 0 saturated carbocycles. The summed E-state index contributed by atoms with van der Waals surface area (Å²) in [4.78, 5) is 9.25. The van der Waals surface area contributed by atoms with Crippen LogP contribution in [0.4, 0.5) is 5.69 Å². The molecule has 3 N–H and O–H groups in total. The average molecular weight is 513 g/mol. The molecule has 8 nitrogen and oxygen atoms in total. The first-order chi connectivity index (χ1) is 13.8. The van der Waals surface area contributed by atoms with Gasteiger partial charge in [0.25, 0.3) is 0 Å². The van der Waals surface area contributed by atoms with Gasteiger partial charge in [0.1, 0.15) is 12.4 Å². The van der Waals surface area contributed by atoms with Crippen molar-refractivity contribution in [2.24, 2.45) is 4.99 Å². The van der Waals surface area contributed by atoms with Gasteiger partial charge in [0.05, 0.1) is 6.54 Å². The monoisotopic (exact) mass is 513 g/mol. The van der Waals surface area contributed by atoms with Gasteiger partial charge >= 0.3 is 0 Å². The number of benzene rings is 1. The van der Waals surface area contributed by atoms with Crippen LogP contribution in [0.2, 0.25) is 0 Å². The summed E-state index contributed by atoms with van der Waals surface area (Å²) >= 11 is 0. The first kappa shape index (κ1) is 23.4. The van der Waals surface area contributed by atoms with E-state index in [0.717, 1.165) is 68.7 Å². The number of nitrogens with zero attached hydrogens (tertiary/aromatic N) is 4. The van der Waals surface area contributed by atoms with E-state index in [2.05, 4.69) is 45.1 Å². The van der Waals surface area contributed by atoms with Crippen molar-refractivity contribution in [1.82, 2.24) is 25.4 Å². The maximum atomic E-state index is 5.13. The van der Waals surface area contributed by atoms with Gasteiger partial charge in [-0.1, -0.05) is 18.2 Å². The van der Waals surface area contributed by atoms with Gasteiger partial charge in [-0.3, -0.25) is 4.99 Å². The fourth-order valence-electron chi connectivity index (χ4n) is 3.24. The Morgan fingerprint density at radius 1 is 1.31 bits per heavy atom. The van der Waals surface area contributed by atoms with E-state index < -0.39 is 0 Å². The van der Waals surface area contributed by atoms with Crippen LogP contribution in [-0.2, 0) is 24.3 Å². The normalized spacial score (nSPS) is 15.9. The largest absolute Gasteiger partial charge is 0.385 e. The quantitative estimate of drug-likeness (QED) is 0.207. The van der Waals surface area contributed by atoms with Crippen LogP contribution >= 0.6 is 24.0 Å². The molecule has 1 aromatic heterocycles. The van der Waals surface area contributed by atoms with Crippen LogP contribution in [0.25, 0.3) is 0 Å². The van der Waals surface area contributed by atoms with E-state index >= 15 is 0 Å². The first-order valence-electron chi connectivity index (χ1n) is 10.0. The Hall–Kier alpha value is -1.88. The molecule has 0 amide bonds. The molecule has 9 heteroatoms. The van der Waals surface area contributed by atoms with Gasteiger partial charge in [-0.05, 0) is 31.9 Å². The topological polar surface area (TPSA) is 88.4 Å². The molecule has 0 radical (unpaired) electrons. The molecule has 0 aliphatic carbocycles. The zero-order valence-electron chi connectivity index (χ0n) is 17.2. The van der Waals surface area contributed by atoms with Crippen molar-refractivity contribution in [3.05, 3.63) is 42.0 Å². The van der Waals surface area contributed by atoms with Gasteiger partial charge in [0.15, 0.2) is 11.8 Å². The fraction of sp³-hybridized carbons (Fsp3) is 0.550. The van der Waals surface area contributed by atoms with E-state index in [4.69, 9.17) is 9.73 Å². The second-order valence-electron chi connectivity index (χ2n) is 6.85. The van der Waals surface area contributed by atoms with Crippen LogP contribution in [0.3, 0.4) is 0 Å². The lowest BCUT2D eigenvalue weighted by Gasteiger charge is -2.25. The Bertz CT molecular complexity index is 751. The number of rotatable bonds is 9. The first-order valence-corrected chi connectivity index (χ1v) is 10.0. The van der Waals surface area contributed by atoms with Crippen LogP contribution in [-0.4, -0.2) is 53.5 Å². The third kappa shape index (κ3) is 7.46. The highest BCUT2D eigenvalue weighted by Gasteiger charge is 2.22. The summed E-state index contributed by atoms with van der Waals surface area (Å²) in [5.41, 5.74) is 1.15. The minimum atomic E-state index is 0. The fourth-order valence-corrected chi connectivity index (χ4v) is 3.24. The number of methoxy groups -OCH3 is 1. The lowest BCUT2D eigenvalue weighted by atomic mass is 10.1. The van der Waals surface area contributed by atoms with E-state index in [0.29, 0.717) is 12.6 Å². The maximum absolute atomic E-state index is 5.13. The van der Waals surface area contributed by atoms with Crippen molar-refractivity contribution >= 4 is 35.6 Å². The molecule has 2 aromatic rings. The number of hydrogen-bond donors (Lipinski definition) is 3. The second kappa shape index (κ2) is 12.6. The number of hydrogen-bond acceptors (Lipinski definition) is 5. The highest BCUT2D eigenvalue weighted by molar-refractivity contribution is 14.0. The van der Waals surface area contributed by atoms with Crippen LogP contribution in [0, 0.1) is 0 Å².